The monoisotopic (exact) mass is 287 g/mol. The lowest BCUT2D eigenvalue weighted by molar-refractivity contribution is -0.0251. The molecule has 118 valence electrons. The summed E-state index contributed by atoms with van der Waals surface area (Å²) in [6.45, 7) is 13.7. The first-order valence-corrected chi connectivity index (χ1v) is 7.42. The van der Waals surface area contributed by atoms with E-state index in [2.05, 4.69) is 22.5 Å². The number of hydrogen-bond acceptors (Lipinski definition) is 5. The lowest BCUT2D eigenvalue weighted by Crippen LogP contribution is -2.47. The number of nitrogens with zero attached hydrogens (tertiary/aromatic N) is 1. The first-order valence-electron chi connectivity index (χ1n) is 7.42. The SMILES string of the molecule is CCN1CCOC(CNCCNC(=O)OC(C)(C)C)C1. The van der Waals surface area contributed by atoms with Gasteiger partial charge in [-0.3, -0.25) is 4.90 Å². The van der Waals surface area contributed by atoms with Crippen LogP contribution in [0.15, 0.2) is 0 Å². The van der Waals surface area contributed by atoms with Crippen molar-refractivity contribution in [3.05, 3.63) is 0 Å². The number of nitrogens with one attached hydrogen (secondary N) is 2. The van der Waals surface area contributed by atoms with E-state index in [0.717, 1.165) is 32.8 Å². The summed E-state index contributed by atoms with van der Waals surface area (Å²) in [6, 6.07) is 0. The van der Waals surface area contributed by atoms with Crippen molar-refractivity contribution in [2.45, 2.75) is 39.4 Å². The minimum absolute atomic E-state index is 0.241. The van der Waals surface area contributed by atoms with E-state index in [9.17, 15) is 4.79 Å². The lowest BCUT2D eigenvalue weighted by atomic mass is 10.2. The third-order valence-electron chi connectivity index (χ3n) is 3.01. The third-order valence-corrected chi connectivity index (χ3v) is 3.01. The fourth-order valence-corrected chi connectivity index (χ4v) is 2.02. The van der Waals surface area contributed by atoms with Gasteiger partial charge in [0.2, 0.25) is 0 Å². The maximum absolute atomic E-state index is 11.4. The molecule has 6 heteroatoms. The van der Waals surface area contributed by atoms with E-state index in [1.807, 2.05) is 20.8 Å². The fraction of sp³-hybridized carbons (Fsp3) is 0.929. The average molecular weight is 287 g/mol. The number of carbonyl (C=O) groups excluding carboxylic acids is 1. The molecule has 1 fully saturated rings. The van der Waals surface area contributed by atoms with Crippen molar-refractivity contribution in [1.29, 1.82) is 0 Å². The van der Waals surface area contributed by atoms with E-state index in [1.54, 1.807) is 0 Å². The Morgan fingerprint density at radius 3 is 2.80 bits per heavy atom. The maximum atomic E-state index is 11.4. The Hall–Kier alpha value is -0.850. The van der Waals surface area contributed by atoms with Crippen LogP contribution in [0, 0.1) is 0 Å². The summed E-state index contributed by atoms with van der Waals surface area (Å²) in [6.07, 6.45) is -0.129. The molecule has 1 aliphatic rings. The molecule has 1 unspecified atom stereocenters. The molecule has 0 aromatic heterocycles. The van der Waals surface area contributed by atoms with Gasteiger partial charge in [-0.15, -0.1) is 0 Å². The fourth-order valence-electron chi connectivity index (χ4n) is 2.02. The number of carbonyl (C=O) groups is 1. The highest BCUT2D eigenvalue weighted by molar-refractivity contribution is 5.67. The first-order chi connectivity index (χ1) is 9.40. The Morgan fingerprint density at radius 2 is 2.15 bits per heavy atom. The molecule has 2 N–H and O–H groups in total. The van der Waals surface area contributed by atoms with Gasteiger partial charge in [-0.2, -0.15) is 0 Å². The Bertz CT molecular complexity index is 292. The molecular weight excluding hydrogens is 258 g/mol. The normalized spacial score (nSPS) is 20.7. The molecule has 6 nitrogen and oxygen atoms in total. The molecule has 20 heavy (non-hydrogen) atoms. The van der Waals surface area contributed by atoms with Gasteiger partial charge in [0.25, 0.3) is 0 Å². The summed E-state index contributed by atoms with van der Waals surface area (Å²) in [7, 11) is 0. The first kappa shape index (κ1) is 17.2. The minimum atomic E-state index is -0.447. The summed E-state index contributed by atoms with van der Waals surface area (Å²) >= 11 is 0. The molecule has 1 heterocycles. The third kappa shape index (κ3) is 7.67. The minimum Gasteiger partial charge on any atom is -0.444 e. The van der Waals surface area contributed by atoms with Gasteiger partial charge in [0, 0.05) is 32.7 Å². The van der Waals surface area contributed by atoms with Crippen molar-refractivity contribution in [3.8, 4) is 0 Å². The van der Waals surface area contributed by atoms with Gasteiger partial charge in [0.1, 0.15) is 5.60 Å². The molecule has 0 saturated carbocycles. The van der Waals surface area contributed by atoms with E-state index in [0.29, 0.717) is 13.1 Å². The summed E-state index contributed by atoms with van der Waals surface area (Å²) in [5, 5.41) is 6.02. The highest BCUT2D eigenvalue weighted by Crippen LogP contribution is 2.06. The zero-order valence-corrected chi connectivity index (χ0v) is 13.2. The molecule has 0 aromatic carbocycles. The lowest BCUT2D eigenvalue weighted by Gasteiger charge is -2.32. The number of alkyl carbamates (subject to hydrolysis) is 1. The van der Waals surface area contributed by atoms with Crippen LogP contribution in [-0.2, 0) is 9.47 Å². The number of rotatable bonds is 6. The summed E-state index contributed by atoms with van der Waals surface area (Å²) < 4.78 is 10.8. The zero-order valence-electron chi connectivity index (χ0n) is 13.2. The number of morpholine rings is 1. The van der Waals surface area contributed by atoms with Gasteiger partial charge < -0.3 is 20.1 Å². The van der Waals surface area contributed by atoms with E-state index in [-0.39, 0.29) is 12.2 Å². The second-order valence-electron chi connectivity index (χ2n) is 6.02. The predicted molar refractivity (Wildman–Crippen MR) is 79.0 cm³/mol. The quantitative estimate of drug-likeness (QED) is 0.708. The topological polar surface area (TPSA) is 62.8 Å². The van der Waals surface area contributed by atoms with Crippen molar-refractivity contribution in [2.24, 2.45) is 0 Å². The number of hydrogen-bond donors (Lipinski definition) is 2. The van der Waals surface area contributed by atoms with Gasteiger partial charge in [-0.25, -0.2) is 4.79 Å². The van der Waals surface area contributed by atoms with E-state index < -0.39 is 5.60 Å². The van der Waals surface area contributed by atoms with Crippen LogP contribution in [0.4, 0.5) is 4.79 Å². The molecule has 1 aliphatic heterocycles. The highest BCUT2D eigenvalue weighted by atomic mass is 16.6. The van der Waals surface area contributed by atoms with Crippen LogP contribution in [-0.4, -0.2) is 68.6 Å². The predicted octanol–water partition coefficient (Wildman–Crippen LogP) is 0.821. The largest absolute Gasteiger partial charge is 0.444 e. The molecule has 1 atom stereocenters. The van der Waals surface area contributed by atoms with E-state index in [1.165, 1.54) is 0 Å². The molecule has 0 bridgehead atoms. The van der Waals surface area contributed by atoms with Crippen molar-refractivity contribution in [2.75, 3.05) is 45.9 Å². The molecule has 0 aromatic rings. The van der Waals surface area contributed by atoms with Crippen molar-refractivity contribution in [3.63, 3.8) is 0 Å². The van der Waals surface area contributed by atoms with Crippen LogP contribution in [0.1, 0.15) is 27.7 Å². The second kappa shape index (κ2) is 8.44. The van der Waals surface area contributed by atoms with E-state index >= 15 is 0 Å². The average Bonchev–Trinajstić information content (AvgIpc) is 2.36. The zero-order chi connectivity index (χ0) is 15.0. The molecule has 0 aliphatic carbocycles. The molecule has 0 spiro atoms. The second-order valence-corrected chi connectivity index (χ2v) is 6.02. The number of likely N-dealkylation sites (N-methyl/N-ethyl adjacent to an activating group) is 1. The highest BCUT2D eigenvalue weighted by Gasteiger charge is 2.18. The molecule has 0 radical (unpaired) electrons. The van der Waals surface area contributed by atoms with Gasteiger partial charge >= 0.3 is 6.09 Å². The Labute approximate surface area is 122 Å². The molecule has 1 saturated heterocycles. The van der Waals surface area contributed by atoms with Crippen LogP contribution in [0.5, 0.6) is 0 Å². The van der Waals surface area contributed by atoms with Gasteiger partial charge in [-0.05, 0) is 27.3 Å². The van der Waals surface area contributed by atoms with Crippen molar-refractivity contribution < 1.29 is 14.3 Å². The summed E-state index contributed by atoms with van der Waals surface area (Å²) in [5.74, 6) is 0. The van der Waals surface area contributed by atoms with Crippen molar-refractivity contribution >= 4 is 6.09 Å². The molecule has 1 rings (SSSR count). The van der Waals surface area contributed by atoms with Crippen LogP contribution in [0.25, 0.3) is 0 Å². The molecular formula is C14H29N3O3. The van der Waals surface area contributed by atoms with Gasteiger partial charge in [0.15, 0.2) is 0 Å². The van der Waals surface area contributed by atoms with Gasteiger partial charge in [-0.1, -0.05) is 6.92 Å². The van der Waals surface area contributed by atoms with E-state index in [4.69, 9.17) is 9.47 Å². The Morgan fingerprint density at radius 1 is 1.40 bits per heavy atom. The Kier molecular flexibility index (Phi) is 7.26. The van der Waals surface area contributed by atoms with Crippen LogP contribution in [0.2, 0.25) is 0 Å². The smallest absolute Gasteiger partial charge is 0.407 e. The van der Waals surface area contributed by atoms with Crippen molar-refractivity contribution in [1.82, 2.24) is 15.5 Å². The summed E-state index contributed by atoms with van der Waals surface area (Å²) in [4.78, 5) is 13.8. The maximum Gasteiger partial charge on any atom is 0.407 e. The standard InChI is InChI=1S/C14H29N3O3/c1-5-17-8-9-19-12(11-17)10-15-6-7-16-13(18)20-14(2,3)4/h12,15H,5-11H2,1-4H3,(H,16,18). The number of ether oxygens (including phenoxy) is 2. The summed E-state index contributed by atoms with van der Waals surface area (Å²) in [5.41, 5.74) is -0.447. The van der Waals surface area contributed by atoms with Crippen LogP contribution >= 0.6 is 0 Å². The molecule has 1 amide bonds. The Balaban J connectivity index is 2.03. The van der Waals surface area contributed by atoms with Crippen LogP contribution in [0.3, 0.4) is 0 Å². The van der Waals surface area contributed by atoms with Crippen LogP contribution < -0.4 is 10.6 Å². The van der Waals surface area contributed by atoms with Gasteiger partial charge in [0.05, 0.1) is 12.7 Å². The number of amides is 1.